The Morgan fingerprint density at radius 3 is 2.44 bits per heavy atom. The normalized spacial score (nSPS) is 21.7. The summed E-state index contributed by atoms with van der Waals surface area (Å²) in [6, 6.07) is 8.51. The fraction of sp³-hybridized carbons (Fsp3) is 0.600. The van der Waals surface area contributed by atoms with Crippen LogP contribution < -0.4 is 15.0 Å². The summed E-state index contributed by atoms with van der Waals surface area (Å²) in [6.07, 6.45) is 2.67. The van der Waals surface area contributed by atoms with Crippen LogP contribution in [-0.4, -0.2) is 32.8 Å². The minimum Gasteiger partial charge on any atom is -0.494 e. The minimum absolute atomic E-state index is 0.601. The molecule has 1 aromatic carbocycles. The molecule has 2 fully saturated rings. The monoisotopic (exact) mass is 246 g/mol. The van der Waals surface area contributed by atoms with E-state index < -0.39 is 0 Å². The second-order valence-corrected chi connectivity index (χ2v) is 5.53. The number of nitrogens with one attached hydrogen (secondary N) is 1. The Morgan fingerprint density at radius 1 is 1.17 bits per heavy atom. The molecular formula is C15H22N2O. The van der Waals surface area contributed by atoms with Crippen LogP contribution >= 0.6 is 0 Å². The van der Waals surface area contributed by atoms with E-state index in [-0.39, 0.29) is 0 Å². The van der Waals surface area contributed by atoms with Crippen molar-refractivity contribution in [1.82, 2.24) is 5.32 Å². The molecular weight excluding hydrogens is 224 g/mol. The van der Waals surface area contributed by atoms with Crippen molar-refractivity contribution < 1.29 is 4.74 Å². The first-order chi connectivity index (χ1) is 8.81. The summed E-state index contributed by atoms with van der Waals surface area (Å²) < 4.78 is 5.48. The molecule has 1 aromatic rings. The van der Waals surface area contributed by atoms with Gasteiger partial charge in [0, 0.05) is 24.2 Å². The number of hydrogen-bond acceptors (Lipinski definition) is 3. The zero-order valence-electron chi connectivity index (χ0n) is 11.1. The van der Waals surface area contributed by atoms with E-state index in [0.29, 0.717) is 5.41 Å². The fourth-order valence-corrected chi connectivity index (χ4v) is 3.14. The van der Waals surface area contributed by atoms with Gasteiger partial charge >= 0.3 is 0 Å². The van der Waals surface area contributed by atoms with Gasteiger partial charge in [0.1, 0.15) is 5.75 Å². The van der Waals surface area contributed by atoms with E-state index in [2.05, 4.69) is 34.5 Å². The maximum absolute atomic E-state index is 5.48. The molecule has 0 saturated carbocycles. The largest absolute Gasteiger partial charge is 0.494 e. The number of benzene rings is 1. The Labute approximate surface area is 109 Å². The summed E-state index contributed by atoms with van der Waals surface area (Å²) in [4.78, 5) is 2.49. The molecule has 0 bridgehead atoms. The van der Waals surface area contributed by atoms with Gasteiger partial charge < -0.3 is 15.0 Å². The molecule has 2 aliphatic heterocycles. The van der Waals surface area contributed by atoms with Gasteiger partial charge in [-0.1, -0.05) is 0 Å². The van der Waals surface area contributed by atoms with Crippen molar-refractivity contribution in [1.29, 1.82) is 0 Å². The molecule has 0 amide bonds. The third-order valence-electron chi connectivity index (χ3n) is 4.23. The van der Waals surface area contributed by atoms with Crippen LogP contribution in [0.15, 0.2) is 24.3 Å². The van der Waals surface area contributed by atoms with Crippen LogP contribution in [0.1, 0.15) is 19.8 Å². The Bertz CT molecular complexity index is 387. The minimum atomic E-state index is 0.601. The molecule has 3 heteroatoms. The van der Waals surface area contributed by atoms with Crippen LogP contribution in [0, 0.1) is 5.41 Å². The zero-order valence-corrected chi connectivity index (χ0v) is 11.1. The average molecular weight is 246 g/mol. The third kappa shape index (κ3) is 2.19. The van der Waals surface area contributed by atoms with Gasteiger partial charge in [-0.05, 0) is 57.1 Å². The van der Waals surface area contributed by atoms with Crippen molar-refractivity contribution in [3.63, 3.8) is 0 Å². The molecule has 0 aromatic heterocycles. The van der Waals surface area contributed by atoms with Gasteiger partial charge in [0.15, 0.2) is 0 Å². The number of nitrogens with zero attached hydrogens (tertiary/aromatic N) is 1. The first kappa shape index (κ1) is 11.8. The Balaban J connectivity index is 1.60. The first-order valence-electron chi connectivity index (χ1n) is 7.00. The molecule has 1 spiro atoms. The van der Waals surface area contributed by atoms with Gasteiger partial charge in [0.05, 0.1) is 6.61 Å². The van der Waals surface area contributed by atoms with Crippen LogP contribution in [0.2, 0.25) is 0 Å². The van der Waals surface area contributed by atoms with Crippen LogP contribution in [0.25, 0.3) is 0 Å². The lowest BCUT2D eigenvalue weighted by atomic mass is 9.72. The zero-order chi connectivity index (χ0) is 12.4. The molecule has 3 rings (SSSR count). The van der Waals surface area contributed by atoms with Crippen molar-refractivity contribution in [2.24, 2.45) is 5.41 Å². The van der Waals surface area contributed by atoms with Crippen LogP contribution in [-0.2, 0) is 0 Å². The summed E-state index contributed by atoms with van der Waals surface area (Å²) in [7, 11) is 0. The quantitative estimate of drug-likeness (QED) is 0.885. The van der Waals surface area contributed by atoms with Gasteiger partial charge in [-0.2, -0.15) is 0 Å². The molecule has 0 atom stereocenters. The summed E-state index contributed by atoms with van der Waals surface area (Å²) in [5.74, 6) is 0.971. The smallest absolute Gasteiger partial charge is 0.119 e. The van der Waals surface area contributed by atoms with Crippen LogP contribution in [0.3, 0.4) is 0 Å². The number of anilines is 1. The van der Waals surface area contributed by atoms with Crippen LogP contribution in [0.5, 0.6) is 5.75 Å². The summed E-state index contributed by atoms with van der Waals surface area (Å²) in [5.41, 5.74) is 1.94. The van der Waals surface area contributed by atoms with Crippen molar-refractivity contribution >= 4 is 5.69 Å². The highest BCUT2D eigenvalue weighted by Crippen LogP contribution is 2.41. The Morgan fingerprint density at radius 2 is 1.83 bits per heavy atom. The van der Waals surface area contributed by atoms with Gasteiger partial charge in [0.2, 0.25) is 0 Å². The maximum Gasteiger partial charge on any atom is 0.119 e. The van der Waals surface area contributed by atoms with E-state index >= 15 is 0 Å². The summed E-state index contributed by atoms with van der Waals surface area (Å²) >= 11 is 0. The highest BCUT2D eigenvalue weighted by molar-refractivity contribution is 5.52. The van der Waals surface area contributed by atoms with Crippen molar-refractivity contribution in [2.45, 2.75) is 19.8 Å². The highest BCUT2D eigenvalue weighted by Gasteiger charge is 2.43. The van der Waals surface area contributed by atoms with Gasteiger partial charge in [0.25, 0.3) is 0 Å². The number of hydrogen-bond donors (Lipinski definition) is 1. The van der Waals surface area contributed by atoms with E-state index in [4.69, 9.17) is 4.74 Å². The molecule has 3 nitrogen and oxygen atoms in total. The molecule has 98 valence electrons. The van der Waals surface area contributed by atoms with Gasteiger partial charge in [-0.15, -0.1) is 0 Å². The molecule has 2 heterocycles. The fourth-order valence-electron chi connectivity index (χ4n) is 3.14. The van der Waals surface area contributed by atoms with E-state index in [1.54, 1.807) is 0 Å². The van der Waals surface area contributed by atoms with E-state index in [1.165, 1.54) is 44.7 Å². The van der Waals surface area contributed by atoms with E-state index in [1.807, 2.05) is 6.92 Å². The topological polar surface area (TPSA) is 24.5 Å². The third-order valence-corrected chi connectivity index (χ3v) is 4.23. The predicted molar refractivity (Wildman–Crippen MR) is 74.4 cm³/mol. The lowest BCUT2D eigenvalue weighted by molar-refractivity contribution is 0.150. The second kappa shape index (κ2) is 4.81. The van der Waals surface area contributed by atoms with Gasteiger partial charge in [-0.25, -0.2) is 0 Å². The maximum atomic E-state index is 5.48. The molecule has 0 aliphatic carbocycles. The highest BCUT2D eigenvalue weighted by atomic mass is 16.5. The Kier molecular flexibility index (Phi) is 3.16. The van der Waals surface area contributed by atoms with Crippen molar-refractivity contribution in [3.8, 4) is 5.75 Å². The molecule has 1 N–H and O–H groups in total. The van der Waals surface area contributed by atoms with Crippen molar-refractivity contribution in [2.75, 3.05) is 37.7 Å². The average Bonchev–Trinajstić information content (AvgIpc) is 2.38. The van der Waals surface area contributed by atoms with E-state index in [9.17, 15) is 0 Å². The summed E-state index contributed by atoms with van der Waals surface area (Å²) in [6.45, 7) is 7.59. The second-order valence-electron chi connectivity index (χ2n) is 5.53. The van der Waals surface area contributed by atoms with Gasteiger partial charge in [-0.3, -0.25) is 0 Å². The van der Waals surface area contributed by atoms with Crippen molar-refractivity contribution in [3.05, 3.63) is 24.3 Å². The molecule has 18 heavy (non-hydrogen) atoms. The summed E-state index contributed by atoms with van der Waals surface area (Å²) in [5, 5.41) is 3.45. The first-order valence-corrected chi connectivity index (χ1v) is 7.00. The SMILES string of the molecule is CCOc1ccc(N2CC3(CCNCC3)C2)cc1. The number of rotatable bonds is 3. The Hall–Kier alpha value is -1.22. The number of piperidine rings is 1. The molecule has 2 aliphatic rings. The standard InChI is InChI=1S/C15H22N2O/c1-2-18-14-5-3-13(4-6-14)17-11-15(12-17)7-9-16-10-8-15/h3-6,16H,2,7-12H2,1H3. The lowest BCUT2D eigenvalue weighted by Gasteiger charge is -2.53. The van der Waals surface area contributed by atoms with E-state index in [0.717, 1.165) is 12.4 Å². The molecule has 0 unspecified atom stereocenters. The van der Waals surface area contributed by atoms with Crippen LogP contribution in [0.4, 0.5) is 5.69 Å². The molecule has 0 radical (unpaired) electrons. The number of ether oxygens (including phenoxy) is 1. The lowest BCUT2D eigenvalue weighted by Crippen LogP contribution is -2.60. The predicted octanol–water partition coefficient (Wildman–Crippen LogP) is 2.28. The molecule has 2 saturated heterocycles.